The van der Waals surface area contributed by atoms with E-state index in [0.717, 1.165) is 22.5 Å². The predicted octanol–water partition coefficient (Wildman–Crippen LogP) is 3.71. The number of carbonyl (C=O) groups is 1. The fourth-order valence-electron chi connectivity index (χ4n) is 1.66. The summed E-state index contributed by atoms with van der Waals surface area (Å²) in [6.45, 7) is 5.83. The molecule has 5 heteroatoms. The Kier molecular flexibility index (Phi) is 3.62. The van der Waals surface area contributed by atoms with E-state index in [2.05, 4.69) is 15.6 Å². The molecule has 1 heterocycles. The molecule has 0 aliphatic rings. The van der Waals surface area contributed by atoms with Crippen LogP contribution >= 0.6 is 11.3 Å². The second-order valence-electron chi connectivity index (χ2n) is 4.14. The number of hydrogen-bond donors (Lipinski definition) is 2. The Balaban J connectivity index is 2.08. The lowest BCUT2D eigenvalue weighted by Crippen LogP contribution is -2.20. The molecule has 0 spiro atoms. The number of carbonyl (C=O) groups excluding carboxylic acids is 1. The summed E-state index contributed by atoms with van der Waals surface area (Å²) in [6, 6.07) is 5.64. The highest BCUT2D eigenvalue weighted by Gasteiger charge is 2.08. The number of benzene rings is 1. The average Bonchev–Trinajstić information content (AvgIpc) is 2.69. The molecule has 0 aliphatic heterocycles. The summed E-state index contributed by atoms with van der Waals surface area (Å²) in [6.07, 6.45) is 0. The molecule has 0 fully saturated rings. The monoisotopic (exact) mass is 261 g/mol. The lowest BCUT2D eigenvalue weighted by molar-refractivity contribution is 0.262. The van der Waals surface area contributed by atoms with Crippen LogP contribution in [-0.4, -0.2) is 11.0 Å². The van der Waals surface area contributed by atoms with Crippen molar-refractivity contribution >= 4 is 28.2 Å². The summed E-state index contributed by atoms with van der Waals surface area (Å²) in [5.74, 6) is 0. The third-order valence-electron chi connectivity index (χ3n) is 2.56. The first-order chi connectivity index (χ1) is 8.56. The third-order valence-corrected chi connectivity index (χ3v) is 3.43. The predicted molar refractivity (Wildman–Crippen MR) is 75.4 cm³/mol. The normalized spacial score (nSPS) is 10.2. The standard InChI is InChI=1S/C13H15N3OS/c1-8-5-4-6-9(2)11(8)15-12(17)16-13-14-10(3)7-18-13/h4-7H,1-3H3,(H2,14,15,16,17). The molecule has 94 valence electrons. The maximum absolute atomic E-state index is 11.8. The van der Waals surface area contributed by atoms with Crippen LogP contribution in [0.4, 0.5) is 15.6 Å². The van der Waals surface area contributed by atoms with E-state index in [1.807, 2.05) is 44.4 Å². The van der Waals surface area contributed by atoms with Gasteiger partial charge in [-0.1, -0.05) is 18.2 Å². The van der Waals surface area contributed by atoms with Gasteiger partial charge >= 0.3 is 6.03 Å². The Morgan fingerprint density at radius 3 is 2.39 bits per heavy atom. The minimum Gasteiger partial charge on any atom is -0.307 e. The number of nitrogens with one attached hydrogen (secondary N) is 2. The smallest absolute Gasteiger partial charge is 0.307 e. The van der Waals surface area contributed by atoms with Crippen LogP contribution in [0.15, 0.2) is 23.6 Å². The third kappa shape index (κ3) is 2.87. The van der Waals surface area contributed by atoms with Crippen molar-refractivity contribution in [3.63, 3.8) is 0 Å². The summed E-state index contributed by atoms with van der Waals surface area (Å²) in [5.41, 5.74) is 3.84. The van der Waals surface area contributed by atoms with Gasteiger partial charge in [0.2, 0.25) is 0 Å². The van der Waals surface area contributed by atoms with Crippen LogP contribution in [0.5, 0.6) is 0 Å². The Labute approximate surface area is 110 Å². The molecule has 2 aromatic rings. The summed E-state index contributed by atoms with van der Waals surface area (Å²) < 4.78 is 0. The second-order valence-corrected chi connectivity index (χ2v) is 5.00. The largest absolute Gasteiger partial charge is 0.325 e. The zero-order chi connectivity index (χ0) is 13.1. The lowest BCUT2D eigenvalue weighted by Gasteiger charge is -2.11. The Bertz CT molecular complexity index is 557. The van der Waals surface area contributed by atoms with Gasteiger partial charge in [0.15, 0.2) is 5.13 Å². The van der Waals surface area contributed by atoms with E-state index in [9.17, 15) is 4.79 Å². The number of para-hydroxylation sites is 1. The topological polar surface area (TPSA) is 54.0 Å². The van der Waals surface area contributed by atoms with Gasteiger partial charge in [-0.05, 0) is 31.9 Å². The van der Waals surface area contributed by atoms with Crippen molar-refractivity contribution in [2.75, 3.05) is 10.6 Å². The number of aromatic nitrogens is 1. The van der Waals surface area contributed by atoms with E-state index in [-0.39, 0.29) is 6.03 Å². The fourth-order valence-corrected chi connectivity index (χ4v) is 2.35. The van der Waals surface area contributed by atoms with E-state index in [1.165, 1.54) is 11.3 Å². The van der Waals surface area contributed by atoms with Gasteiger partial charge in [-0.2, -0.15) is 0 Å². The first-order valence-electron chi connectivity index (χ1n) is 5.62. The Hall–Kier alpha value is -1.88. The number of nitrogens with zero attached hydrogens (tertiary/aromatic N) is 1. The molecule has 1 aromatic carbocycles. The molecule has 1 aromatic heterocycles. The number of amides is 2. The van der Waals surface area contributed by atoms with E-state index in [1.54, 1.807) is 0 Å². The van der Waals surface area contributed by atoms with E-state index in [4.69, 9.17) is 0 Å². The summed E-state index contributed by atoms with van der Waals surface area (Å²) in [5, 5.41) is 8.08. The van der Waals surface area contributed by atoms with Crippen molar-refractivity contribution in [3.05, 3.63) is 40.4 Å². The zero-order valence-corrected chi connectivity index (χ0v) is 11.4. The number of rotatable bonds is 2. The second kappa shape index (κ2) is 5.18. The highest BCUT2D eigenvalue weighted by atomic mass is 32.1. The molecule has 0 aliphatic carbocycles. The van der Waals surface area contributed by atoms with Gasteiger partial charge < -0.3 is 5.32 Å². The van der Waals surface area contributed by atoms with Crippen LogP contribution in [0.1, 0.15) is 16.8 Å². The highest BCUT2D eigenvalue weighted by molar-refractivity contribution is 7.13. The van der Waals surface area contributed by atoms with Gasteiger partial charge in [-0.15, -0.1) is 11.3 Å². The van der Waals surface area contributed by atoms with Crippen LogP contribution in [-0.2, 0) is 0 Å². The van der Waals surface area contributed by atoms with Gasteiger partial charge in [0, 0.05) is 11.1 Å². The minimum atomic E-state index is -0.262. The number of thiazole rings is 1. The van der Waals surface area contributed by atoms with Crippen molar-refractivity contribution < 1.29 is 4.79 Å². The Morgan fingerprint density at radius 1 is 1.17 bits per heavy atom. The highest BCUT2D eigenvalue weighted by Crippen LogP contribution is 2.20. The molecule has 0 atom stereocenters. The number of aryl methyl sites for hydroxylation is 3. The molecular weight excluding hydrogens is 246 g/mol. The van der Waals surface area contributed by atoms with Crippen LogP contribution < -0.4 is 10.6 Å². The van der Waals surface area contributed by atoms with Crippen LogP contribution in [0.25, 0.3) is 0 Å². The summed E-state index contributed by atoms with van der Waals surface area (Å²) >= 11 is 1.41. The maximum Gasteiger partial charge on any atom is 0.325 e. The van der Waals surface area contributed by atoms with Crippen molar-refractivity contribution in [2.45, 2.75) is 20.8 Å². The SMILES string of the molecule is Cc1csc(NC(=O)Nc2c(C)cccc2C)n1. The molecule has 0 saturated heterocycles. The molecule has 0 unspecified atom stereocenters. The van der Waals surface area contributed by atoms with Crippen molar-refractivity contribution in [3.8, 4) is 0 Å². The van der Waals surface area contributed by atoms with Crippen molar-refractivity contribution in [1.82, 2.24) is 4.98 Å². The van der Waals surface area contributed by atoms with Gasteiger partial charge in [0.25, 0.3) is 0 Å². The Morgan fingerprint density at radius 2 is 1.83 bits per heavy atom. The molecule has 2 N–H and O–H groups in total. The molecule has 4 nitrogen and oxygen atoms in total. The molecule has 2 rings (SSSR count). The fraction of sp³-hybridized carbons (Fsp3) is 0.231. The summed E-state index contributed by atoms with van der Waals surface area (Å²) in [4.78, 5) is 16.0. The van der Waals surface area contributed by atoms with Crippen LogP contribution in [0.3, 0.4) is 0 Å². The number of anilines is 2. The van der Waals surface area contributed by atoms with E-state index in [0.29, 0.717) is 5.13 Å². The zero-order valence-electron chi connectivity index (χ0n) is 10.6. The molecule has 18 heavy (non-hydrogen) atoms. The van der Waals surface area contributed by atoms with Gasteiger partial charge in [-0.3, -0.25) is 5.32 Å². The van der Waals surface area contributed by atoms with Crippen molar-refractivity contribution in [2.24, 2.45) is 0 Å². The average molecular weight is 261 g/mol. The molecule has 2 amide bonds. The molecule has 0 saturated carbocycles. The van der Waals surface area contributed by atoms with Gasteiger partial charge in [0.05, 0.1) is 5.69 Å². The van der Waals surface area contributed by atoms with Crippen LogP contribution in [0.2, 0.25) is 0 Å². The number of urea groups is 1. The number of hydrogen-bond acceptors (Lipinski definition) is 3. The van der Waals surface area contributed by atoms with Crippen molar-refractivity contribution in [1.29, 1.82) is 0 Å². The minimum absolute atomic E-state index is 0.262. The van der Waals surface area contributed by atoms with Crippen LogP contribution in [0, 0.1) is 20.8 Å². The lowest BCUT2D eigenvalue weighted by atomic mass is 10.1. The quantitative estimate of drug-likeness (QED) is 0.865. The first kappa shape index (κ1) is 12.6. The summed E-state index contributed by atoms with van der Waals surface area (Å²) in [7, 11) is 0. The first-order valence-corrected chi connectivity index (χ1v) is 6.50. The van der Waals surface area contributed by atoms with E-state index >= 15 is 0 Å². The van der Waals surface area contributed by atoms with Gasteiger partial charge in [0.1, 0.15) is 0 Å². The van der Waals surface area contributed by atoms with Gasteiger partial charge in [-0.25, -0.2) is 9.78 Å². The van der Waals surface area contributed by atoms with E-state index < -0.39 is 0 Å². The molecular formula is C13H15N3OS. The molecule has 0 radical (unpaired) electrons. The molecule has 0 bridgehead atoms. The maximum atomic E-state index is 11.8.